The van der Waals surface area contributed by atoms with Gasteiger partial charge in [0.05, 0.1) is 17.5 Å². The molecule has 1 N–H and O–H groups in total. The second kappa shape index (κ2) is 6.83. The number of furan rings is 1. The van der Waals surface area contributed by atoms with Gasteiger partial charge in [-0.25, -0.2) is 0 Å². The number of thioether (sulfide) groups is 1. The molecule has 1 saturated carbocycles. The zero-order chi connectivity index (χ0) is 18.3. The predicted octanol–water partition coefficient (Wildman–Crippen LogP) is 3.86. The third-order valence-corrected chi connectivity index (χ3v) is 6.32. The smallest absolute Gasteiger partial charge is 0.238 e. The van der Waals surface area contributed by atoms with Gasteiger partial charge in [-0.05, 0) is 36.6 Å². The molecule has 0 unspecified atom stereocenters. The number of nitrogens with zero attached hydrogens (tertiary/aromatic N) is 1. The Morgan fingerprint density at radius 2 is 2.08 bits per heavy atom. The van der Waals surface area contributed by atoms with E-state index in [9.17, 15) is 9.59 Å². The van der Waals surface area contributed by atoms with E-state index in [1.54, 1.807) is 11.9 Å². The lowest BCUT2D eigenvalue weighted by Crippen LogP contribution is -2.35. The molecule has 3 atom stereocenters. The van der Waals surface area contributed by atoms with E-state index in [1.807, 2.05) is 36.4 Å². The highest BCUT2D eigenvalue weighted by molar-refractivity contribution is 8.01. The number of anilines is 1. The number of rotatable bonds is 5. The van der Waals surface area contributed by atoms with Gasteiger partial charge in [-0.3, -0.25) is 9.59 Å². The molecule has 0 radical (unpaired) electrons. The molecule has 2 heterocycles. The van der Waals surface area contributed by atoms with Crippen LogP contribution in [0.1, 0.15) is 37.2 Å². The van der Waals surface area contributed by atoms with Crippen molar-refractivity contribution in [2.45, 2.75) is 42.4 Å². The van der Waals surface area contributed by atoms with Gasteiger partial charge >= 0.3 is 0 Å². The number of amides is 2. The number of carbonyl (C=O) groups is 2. The number of nitrogens with one attached hydrogen (secondary N) is 1. The topological polar surface area (TPSA) is 62.6 Å². The minimum atomic E-state index is -0.403. The second-order valence-electron chi connectivity index (χ2n) is 7.17. The van der Waals surface area contributed by atoms with Crippen LogP contribution in [0.25, 0.3) is 0 Å². The number of para-hydroxylation sites is 1. The Morgan fingerprint density at radius 3 is 2.85 bits per heavy atom. The van der Waals surface area contributed by atoms with Gasteiger partial charge in [-0.2, -0.15) is 0 Å². The van der Waals surface area contributed by atoms with Gasteiger partial charge in [0.25, 0.3) is 0 Å². The average molecular weight is 370 g/mol. The molecule has 4 rings (SSSR count). The van der Waals surface area contributed by atoms with E-state index >= 15 is 0 Å². The maximum atomic E-state index is 12.6. The third-order valence-electron chi connectivity index (χ3n) is 5.04. The molecule has 1 fully saturated rings. The SMILES string of the molecule is C[C@H]1C[C@H]1c1ccc(CN(C)C(=O)C[C@@H]2Sc3ccccc3NC2=O)o1. The van der Waals surface area contributed by atoms with Crippen LogP contribution < -0.4 is 5.32 Å². The average Bonchev–Trinajstić information content (AvgIpc) is 3.17. The van der Waals surface area contributed by atoms with E-state index < -0.39 is 5.25 Å². The standard InChI is InChI=1S/C20H22N2O3S/c1-12-9-14(12)16-8-7-13(25-16)11-22(2)19(23)10-18-20(24)21-15-5-3-4-6-17(15)26-18/h3-8,12,14,18H,9-11H2,1-2H3,(H,21,24)/t12-,14+,18-/m0/s1. The van der Waals surface area contributed by atoms with Crippen LogP contribution in [0.15, 0.2) is 45.7 Å². The molecule has 136 valence electrons. The first-order valence-electron chi connectivity index (χ1n) is 8.90. The quantitative estimate of drug-likeness (QED) is 0.868. The van der Waals surface area contributed by atoms with Crippen LogP contribution in [0.5, 0.6) is 0 Å². The highest BCUT2D eigenvalue weighted by Crippen LogP contribution is 2.47. The predicted molar refractivity (Wildman–Crippen MR) is 101 cm³/mol. The molecule has 2 aromatic rings. The van der Waals surface area contributed by atoms with Crippen molar-refractivity contribution in [3.05, 3.63) is 47.9 Å². The lowest BCUT2D eigenvalue weighted by atomic mass is 10.2. The number of benzene rings is 1. The third kappa shape index (κ3) is 3.51. The fraction of sp³-hybridized carbons (Fsp3) is 0.400. The maximum Gasteiger partial charge on any atom is 0.238 e. The molecule has 5 nitrogen and oxygen atoms in total. The van der Waals surface area contributed by atoms with Crippen molar-refractivity contribution in [3.63, 3.8) is 0 Å². The van der Waals surface area contributed by atoms with Crippen molar-refractivity contribution < 1.29 is 14.0 Å². The van der Waals surface area contributed by atoms with Gasteiger partial charge in [0.15, 0.2) is 0 Å². The first-order chi connectivity index (χ1) is 12.5. The Morgan fingerprint density at radius 1 is 1.31 bits per heavy atom. The lowest BCUT2D eigenvalue weighted by molar-refractivity contribution is -0.132. The Kier molecular flexibility index (Phi) is 4.53. The van der Waals surface area contributed by atoms with Gasteiger partial charge in [0, 0.05) is 24.3 Å². The molecular weight excluding hydrogens is 348 g/mol. The summed E-state index contributed by atoms with van der Waals surface area (Å²) in [5, 5.41) is 2.48. The van der Waals surface area contributed by atoms with Gasteiger partial charge in [-0.1, -0.05) is 19.1 Å². The largest absolute Gasteiger partial charge is 0.464 e. The molecule has 2 aliphatic rings. The molecule has 26 heavy (non-hydrogen) atoms. The molecule has 0 spiro atoms. The number of carbonyl (C=O) groups excluding carboxylic acids is 2. The number of hydrogen-bond acceptors (Lipinski definition) is 4. The Balaban J connectivity index is 1.35. The fourth-order valence-electron chi connectivity index (χ4n) is 3.26. The van der Waals surface area contributed by atoms with Gasteiger partial charge in [0.2, 0.25) is 11.8 Å². The van der Waals surface area contributed by atoms with E-state index in [4.69, 9.17) is 4.42 Å². The molecule has 0 saturated heterocycles. The summed E-state index contributed by atoms with van der Waals surface area (Å²) in [6, 6.07) is 11.6. The summed E-state index contributed by atoms with van der Waals surface area (Å²) in [7, 11) is 1.75. The van der Waals surface area contributed by atoms with E-state index in [0.29, 0.717) is 18.4 Å². The van der Waals surface area contributed by atoms with Crippen molar-refractivity contribution in [2.75, 3.05) is 12.4 Å². The second-order valence-corrected chi connectivity index (χ2v) is 8.41. The summed E-state index contributed by atoms with van der Waals surface area (Å²) in [6.45, 7) is 2.64. The summed E-state index contributed by atoms with van der Waals surface area (Å²) < 4.78 is 5.88. The highest BCUT2D eigenvalue weighted by Gasteiger charge is 2.36. The van der Waals surface area contributed by atoms with Crippen LogP contribution in [0.2, 0.25) is 0 Å². The summed E-state index contributed by atoms with van der Waals surface area (Å²) in [5.41, 5.74) is 0.817. The molecule has 0 bridgehead atoms. The molecule has 1 aromatic heterocycles. The van der Waals surface area contributed by atoms with E-state index in [2.05, 4.69) is 12.2 Å². The lowest BCUT2D eigenvalue weighted by Gasteiger charge is -2.25. The summed E-state index contributed by atoms with van der Waals surface area (Å²) in [6.07, 6.45) is 1.35. The van der Waals surface area contributed by atoms with Crippen molar-refractivity contribution in [1.29, 1.82) is 0 Å². The van der Waals surface area contributed by atoms with Crippen LogP contribution in [0, 0.1) is 5.92 Å². The molecule has 1 aromatic carbocycles. The van der Waals surface area contributed by atoms with E-state index in [0.717, 1.165) is 22.1 Å². The number of hydrogen-bond donors (Lipinski definition) is 1. The van der Waals surface area contributed by atoms with Crippen LogP contribution in [-0.4, -0.2) is 29.0 Å². The Hall–Kier alpha value is -2.21. The van der Waals surface area contributed by atoms with Gasteiger partial charge in [-0.15, -0.1) is 11.8 Å². The summed E-state index contributed by atoms with van der Waals surface area (Å²) in [5.74, 6) is 2.87. The molecule has 2 amide bonds. The van der Waals surface area contributed by atoms with Crippen LogP contribution >= 0.6 is 11.8 Å². The van der Waals surface area contributed by atoms with Gasteiger partial charge in [0.1, 0.15) is 11.5 Å². The fourth-order valence-corrected chi connectivity index (χ4v) is 4.36. The summed E-state index contributed by atoms with van der Waals surface area (Å²) >= 11 is 1.45. The van der Waals surface area contributed by atoms with Crippen molar-refractivity contribution in [1.82, 2.24) is 4.90 Å². The van der Waals surface area contributed by atoms with Crippen LogP contribution in [0.3, 0.4) is 0 Å². The molecule has 1 aliphatic carbocycles. The molecule has 1 aliphatic heterocycles. The highest BCUT2D eigenvalue weighted by atomic mass is 32.2. The first-order valence-corrected chi connectivity index (χ1v) is 9.78. The van der Waals surface area contributed by atoms with Crippen molar-refractivity contribution in [2.24, 2.45) is 5.92 Å². The van der Waals surface area contributed by atoms with Crippen molar-refractivity contribution in [3.8, 4) is 0 Å². The normalized spacial score (nSPS) is 23.9. The molecule has 6 heteroatoms. The van der Waals surface area contributed by atoms with Crippen molar-refractivity contribution >= 4 is 29.3 Å². The van der Waals surface area contributed by atoms with E-state index in [-0.39, 0.29) is 18.2 Å². The van der Waals surface area contributed by atoms with Gasteiger partial charge < -0.3 is 14.6 Å². The minimum absolute atomic E-state index is 0.0604. The minimum Gasteiger partial charge on any atom is -0.464 e. The van der Waals surface area contributed by atoms with E-state index in [1.165, 1.54) is 18.2 Å². The zero-order valence-electron chi connectivity index (χ0n) is 14.9. The number of fused-ring (bicyclic) bond motifs is 1. The Bertz CT molecular complexity index is 847. The van der Waals surface area contributed by atoms with Crippen LogP contribution in [-0.2, 0) is 16.1 Å². The first kappa shape index (κ1) is 17.2. The monoisotopic (exact) mass is 370 g/mol. The zero-order valence-corrected chi connectivity index (χ0v) is 15.7. The Labute approximate surface area is 157 Å². The van der Waals surface area contributed by atoms with Crippen LogP contribution in [0.4, 0.5) is 5.69 Å². The summed E-state index contributed by atoms with van der Waals surface area (Å²) in [4.78, 5) is 27.5. The molecular formula is C20H22N2O3S. The maximum absolute atomic E-state index is 12.6.